The zero-order valence-corrected chi connectivity index (χ0v) is 23.3. The van der Waals surface area contributed by atoms with Gasteiger partial charge in [0.25, 0.3) is 5.91 Å². The largest absolute Gasteiger partial charge is 0.467 e. The molecule has 0 saturated heterocycles. The Kier molecular flexibility index (Phi) is 7.84. The van der Waals surface area contributed by atoms with Gasteiger partial charge in [-0.3, -0.25) is 19.5 Å². The lowest BCUT2D eigenvalue weighted by Crippen LogP contribution is -2.38. The van der Waals surface area contributed by atoms with Gasteiger partial charge in [0.05, 0.1) is 18.5 Å². The van der Waals surface area contributed by atoms with E-state index >= 15 is 0 Å². The van der Waals surface area contributed by atoms with E-state index in [0.29, 0.717) is 28.0 Å². The molecule has 0 unspecified atom stereocenters. The molecule has 7 nitrogen and oxygen atoms in total. The normalized spacial score (nSPS) is 10.9. The SMILES string of the molecule is Cc1ccc(-n2cc(-c3ccc(Cl)cc3)nc2NC(=O)CN(Cc2ccco2)C(=O)c2ccccc2C)cc1C. The minimum absolute atomic E-state index is 0.148. The van der Waals surface area contributed by atoms with E-state index in [4.69, 9.17) is 21.0 Å². The Morgan fingerprint density at radius 3 is 2.40 bits per heavy atom. The lowest BCUT2D eigenvalue weighted by atomic mass is 10.1. The maximum Gasteiger partial charge on any atom is 0.255 e. The highest BCUT2D eigenvalue weighted by atomic mass is 35.5. The second-order valence-corrected chi connectivity index (χ2v) is 10.1. The highest BCUT2D eigenvalue weighted by Crippen LogP contribution is 2.27. The van der Waals surface area contributed by atoms with Crippen LogP contribution in [-0.4, -0.2) is 32.8 Å². The molecule has 0 atom stereocenters. The molecule has 2 aromatic heterocycles. The molecule has 1 N–H and O–H groups in total. The summed E-state index contributed by atoms with van der Waals surface area (Å²) in [6.45, 7) is 5.92. The lowest BCUT2D eigenvalue weighted by Gasteiger charge is -2.22. The van der Waals surface area contributed by atoms with Crippen LogP contribution in [0.1, 0.15) is 32.8 Å². The van der Waals surface area contributed by atoms with E-state index in [2.05, 4.69) is 5.32 Å². The summed E-state index contributed by atoms with van der Waals surface area (Å²) in [5, 5.41) is 3.56. The van der Waals surface area contributed by atoms with Crippen LogP contribution in [0.25, 0.3) is 16.9 Å². The van der Waals surface area contributed by atoms with Crippen molar-refractivity contribution in [3.63, 3.8) is 0 Å². The van der Waals surface area contributed by atoms with Gasteiger partial charge in [-0.05, 0) is 79.9 Å². The van der Waals surface area contributed by atoms with E-state index in [1.807, 2.05) is 80.1 Å². The van der Waals surface area contributed by atoms with Gasteiger partial charge in [0.2, 0.25) is 11.9 Å². The van der Waals surface area contributed by atoms with Gasteiger partial charge in [0, 0.05) is 28.0 Å². The summed E-state index contributed by atoms with van der Waals surface area (Å²) in [5.74, 6) is 0.284. The van der Waals surface area contributed by atoms with Crippen molar-refractivity contribution in [1.82, 2.24) is 14.5 Å². The van der Waals surface area contributed by atoms with Crippen LogP contribution in [-0.2, 0) is 11.3 Å². The molecule has 0 bridgehead atoms. The third-order valence-electron chi connectivity index (χ3n) is 6.79. The Balaban J connectivity index is 1.46. The molecule has 0 spiro atoms. The maximum absolute atomic E-state index is 13.5. The first kappa shape index (κ1) is 27.0. The minimum atomic E-state index is -0.383. The topological polar surface area (TPSA) is 80.4 Å². The number of aromatic nitrogens is 2. The van der Waals surface area contributed by atoms with Crippen molar-refractivity contribution in [1.29, 1.82) is 0 Å². The Labute approximate surface area is 238 Å². The van der Waals surface area contributed by atoms with Crippen molar-refractivity contribution in [2.24, 2.45) is 0 Å². The molecule has 0 radical (unpaired) electrons. The van der Waals surface area contributed by atoms with Crippen LogP contribution in [0.2, 0.25) is 5.02 Å². The van der Waals surface area contributed by atoms with Gasteiger partial charge in [-0.2, -0.15) is 0 Å². The second kappa shape index (κ2) is 11.6. The standard InChI is InChI=1S/C32H29ClN4O3/c1-21-10-15-26(17-23(21)3)37-19-29(24-11-13-25(33)14-12-24)34-32(37)35-30(38)20-36(18-27-8-6-16-40-27)31(39)28-9-5-4-7-22(28)2/h4-17,19H,18,20H2,1-3H3,(H,34,35,38). The fourth-order valence-electron chi connectivity index (χ4n) is 4.41. The Morgan fingerprint density at radius 2 is 1.70 bits per heavy atom. The monoisotopic (exact) mass is 552 g/mol. The summed E-state index contributed by atoms with van der Waals surface area (Å²) in [7, 11) is 0. The fourth-order valence-corrected chi connectivity index (χ4v) is 4.54. The highest BCUT2D eigenvalue weighted by Gasteiger charge is 2.23. The van der Waals surface area contributed by atoms with Crippen molar-refractivity contribution in [3.05, 3.63) is 124 Å². The van der Waals surface area contributed by atoms with Gasteiger partial charge in [-0.1, -0.05) is 48.0 Å². The molecule has 2 heterocycles. The van der Waals surface area contributed by atoms with E-state index in [1.165, 1.54) is 4.90 Å². The molecule has 0 aliphatic heterocycles. The van der Waals surface area contributed by atoms with Crippen LogP contribution in [0, 0.1) is 20.8 Å². The number of hydrogen-bond acceptors (Lipinski definition) is 4. The molecule has 2 amide bonds. The Bertz CT molecular complexity index is 1660. The third kappa shape index (κ3) is 6.00. The third-order valence-corrected chi connectivity index (χ3v) is 7.04. The molecular weight excluding hydrogens is 524 g/mol. The van der Waals surface area contributed by atoms with E-state index in [9.17, 15) is 9.59 Å². The molecule has 3 aromatic carbocycles. The predicted molar refractivity (Wildman–Crippen MR) is 157 cm³/mol. The molecule has 0 aliphatic rings. The summed E-state index contributed by atoms with van der Waals surface area (Å²) in [4.78, 5) is 33.2. The van der Waals surface area contributed by atoms with E-state index in [1.54, 1.807) is 36.6 Å². The average Bonchev–Trinajstić information content (AvgIpc) is 3.60. The number of aryl methyl sites for hydroxylation is 3. The number of rotatable bonds is 8. The number of nitrogens with one attached hydrogen (secondary N) is 1. The number of hydrogen-bond donors (Lipinski definition) is 1. The first-order chi connectivity index (χ1) is 19.3. The molecule has 5 rings (SSSR count). The number of carbonyl (C=O) groups excluding carboxylic acids is 2. The summed E-state index contributed by atoms with van der Waals surface area (Å²) < 4.78 is 7.33. The fraction of sp³-hybridized carbons (Fsp3) is 0.156. The number of carbonyl (C=O) groups is 2. The zero-order chi connectivity index (χ0) is 28.2. The molecular formula is C32H29ClN4O3. The number of imidazole rings is 1. The minimum Gasteiger partial charge on any atom is -0.467 e. The number of halogens is 1. The molecule has 5 aromatic rings. The first-order valence-electron chi connectivity index (χ1n) is 12.9. The van der Waals surface area contributed by atoms with E-state index < -0.39 is 0 Å². The van der Waals surface area contributed by atoms with Gasteiger partial charge in [-0.15, -0.1) is 0 Å². The summed E-state index contributed by atoms with van der Waals surface area (Å²) in [6, 6.07) is 24.3. The number of amides is 2. The first-order valence-corrected chi connectivity index (χ1v) is 13.3. The van der Waals surface area contributed by atoms with Crippen molar-refractivity contribution < 1.29 is 14.0 Å². The Morgan fingerprint density at radius 1 is 0.925 bits per heavy atom. The number of furan rings is 1. The van der Waals surface area contributed by atoms with Gasteiger partial charge >= 0.3 is 0 Å². The smallest absolute Gasteiger partial charge is 0.255 e. The molecule has 0 saturated carbocycles. The number of nitrogens with zero attached hydrogens (tertiary/aromatic N) is 3. The van der Waals surface area contributed by atoms with E-state index in [0.717, 1.165) is 27.9 Å². The summed E-state index contributed by atoms with van der Waals surface area (Å²) in [5.41, 5.74) is 6.03. The van der Waals surface area contributed by atoms with Gasteiger partial charge < -0.3 is 9.32 Å². The predicted octanol–water partition coefficient (Wildman–Crippen LogP) is 6.99. The zero-order valence-electron chi connectivity index (χ0n) is 22.5. The van der Waals surface area contributed by atoms with Crippen LogP contribution in [0.5, 0.6) is 0 Å². The van der Waals surface area contributed by atoms with Crippen LogP contribution in [0.15, 0.2) is 95.7 Å². The Hall–Kier alpha value is -4.62. The molecule has 202 valence electrons. The maximum atomic E-state index is 13.5. The molecule has 8 heteroatoms. The molecule has 40 heavy (non-hydrogen) atoms. The van der Waals surface area contributed by atoms with Crippen LogP contribution in [0.3, 0.4) is 0 Å². The van der Waals surface area contributed by atoms with Gasteiger partial charge in [0.15, 0.2) is 0 Å². The van der Waals surface area contributed by atoms with Crippen LogP contribution < -0.4 is 5.32 Å². The van der Waals surface area contributed by atoms with Crippen LogP contribution >= 0.6 is 11.6 Å². The van der Waals surface area contributed by atoms with Crippen LogP contribution in [0.4, 0.5) is 5.95 Å². The van der Waals surface area contributed by atoms with Gasteiger partial charge in [-0.25, -0.2) is 4.98 Å². The van der Waals surface area contributed by atoms with Crippen molar-refractivity contribution in [2.75, 3.05) is 11.9 Å². The second-order valence-electron chi connectivity index (χ2n) is 9.70. The molecule has 0 aliphatic carbocycles. The van der Waals surface area contributed by atoms with Crippen molar-refractivity contribution >= 4 is 29.4 Å². The summed E-state index contributed by atoms with van der Waals surface area (Å²) >= 11 is 6.09. The van der Waals surface area contributed by atoms with Crippen molar-refractivity contribution in [2.45, 2.75) is 27.3 Å². The summed E-state index contributed by atoms with van der Waals surface area (Å²) in [6.07, 6.45) is 3.42. The highest BCUT2D eigenvalue weighted by molar-refractivity contribution is 6.30. The quantitative estimate of drug-likeness (QED) is 0.225. The molecule has 0 fully saturated rings. The van der Waals surface area contributed by atoms with Gasteiger partial charge in [0.1, 0.15) is 12.3 Å². The number of anilines is 1. The lowest BCUT2D eigenvalue weighted by molar-refractivity contribution is -0.117. The number of benzene rings is 3. The van der Waals surface area contributed by atoms with E-state index in [-0.39, 0.29) is 24.9 Å². The average molecular weight is 553 g/mol. The van der Waals surface area contributed by atoms with Crippen molar-refractivity contribution in [3.8, 4) is 16.9 Å².